The first-order valence-electron chi connectivity index (χ1n) is 8.85. The van der Waals surface area contributed by atoms with Crippen LogP contribution in [0.1, 0.15) is 23.0 Å². The van der Waals surface area contributed by atoms with Gasteiger partial charge in [0.1, 0.15) is 5.69 Å². The van der Waals surface area contributed by atoms with Gasteiger partial charge in [-0.05, 0) is 31.0 Å². The molecule has 3 rings (SSSR count). The van der Waals surface area contributed by atoms with E-state index in [0.717, 1.165) is 11.1 Å². The maximum Gasteiger partial charge on any atom is 0.268 e. The lowest BCUT2D eigenvalue weighted by atomic mass is 10.1. The van der Waals surface area contributed by atoms with Gasteiger partial charge in [-0.1, -0.05) is 18.2 Å². The van der Waals surface area contributed by atoms with Gasteiger partial charge in [-0.2, -0.15) is 0 Å². The van der Waals surface area contributed by atoms with Crippen molar-refractivity contribution in [3.8, 4) is 11.5 Å². The Morgan fingerprint density at radius 2 is 2.00 bits per heavy atom. The van der Waals surface area contributed by atoms with Crippen LogP contribution in [0.4, 0.5) is 0 Å². The Labute approximate surface area is 158 Å². The van der Waals surface area contributed by atoms with Gasteiger partial charge in [0.25, 0.3) is 5.91 Å². The second-order valence-electron chi connectivity index (χ2n) is 6.07. The molecule has 0 unspecified atom stereocenters. The highest BCUT2D eigenvalue weighted by atomic mass is 16.5. The fourth-order valence-electron chi connectivity index (χ4n) is 3.02. The summed E-state index contributed by atoms with van der Waals surface area (Å²) in [5.74, 6) is 1.25. The van der Waals surface area contributed by atoms with Crippen molar-refractivity contribution in [2.75, 3.05) is 20.8 Å². The number of nitrogens with one attached hydrogen (secondary N) is 1. The number of carbonyl (C=O) groups excluding carboxylic acids is 1. The number of nitrogens with zero attached hydrogens (tertiary/aromatic N) is 1. The minimum Gasteiger partial charge on any atom is -0.493 e. The van der Waals surface area contributed by atoms with Crippen molar-refractivity contribution in [2.45, 2.75) is 19.9 Å². The van der Waals surface area contributed by atoms with Crippen LogP contribution in [0.2, 0.25) is 0 Å². The molecule has 0 aliphatic carbocycles. The molecule has 1 N–H and O–H groups in total. The quantitative estimate of drug-likeness (QED) is 0.614. The number of carbonyl (C=O) groups is 1. The Hall–Kier alpha value is -3.15. The molecule has 6 nitrogen and oxygen atoms in total. The lowest BCUT2D eigenvalue weighted by molar-refractivity contribution is 0.0945. The van der Waals surface area contributed by atoms with Gasteiger partial charge in [0.2, 0.25) is 0 Å². The predicted molar refractivity (Wildman–Crippen MR) is 105 cm³/mol. The molecule has 27 heavy (non-hydrogen) atoms. The average molecular weight is 368 g/mol. The van der Waals surface area contributed by atoms with Gasteiger partial charge < -0.3 is 23.8 Å². The van der Waals surface area contributed by atoms with Crippen molar-refractivity contribution in [1.82, 2.24) is 9.88 Å². The first-order chi connectivity index (χ1) is 13.2. The Morgan fingerprint density at radius 1 is 1.19 bits per heavy atom. The van der Waals surface area contributed by atoms with E-state index in [1.54, 1.807) is 26.5 Å². The SMILES string of the molecule is C/C=C\Cn1c(C(=O)NCCc2ccc(OC)c(OC)c2)cc2occc21. The van der Waals surface area contributed by atoms with Crippen LogP contribution in [0.25, 0.3) is 11.1 Å². The van der Waals surface area contributed by atoms with Crippen molar-refractivity contribution < 1.29 is 18.7 Å². The van der Waals surface area contributed by atoms with Crippen LogP contribution in [0, 0.1) is 0 Å². The van der Waals surface area contributed by atoms with Gasteiger partial charge in [0.05, 0.1) is 26.0 Å². The first-order valence-corrected chi connectivity index (χ1v) is 8.85. The number of amides is 1. The van der Waals surface area contributed by atoms with Gasteiger partial charge in [-0.15, -0.1) is 0 Å². The average Bonchev–Trinajstić information content (AvgIpc) is 3.27. The third-order valence-electron chi connectivity index (χ3n) is 4.43. The highest BCUT2D eigenvalue weighted by Gasteiger charge is 2.16. The number of benzene rings is 1. The van der Waals surface area contributed by atoms with Crippen molar-refractivity contribution in [2.24, 2.45) is 0 Å². The summed E-state index contributed by atoms with van der Waals surface area (Å²) in [5.41, 5.74) is 3.28. The summed E-state index contributed by atoms with van der Waals surface area (Å²) >= 11 is 0. The molecule has 6 heteroatoms. The molecule has 0 saturated carbocycles. The normalized spacial score (nSPS) is 11.2. The largest absolute Gasteiger partial charge is 0.493 e. The van der Waals surface area contributed by atoms with E-state index in [4.69, 9.17) is 13.9 Å². The maximum absolute atomic E-state index is 12.7. The minimum atomic E-state index is -0.119. The number of ether oxygens (including phenoxy) is 2. The Kier molecular flexibility index (Phi) is 5.86. The zero-order chi connectivity index (χ0) is 19.2. The maximum atomic E-state index is 12.7. The van der Waals surface area contributed by atoms with Gasteiger partial charge in [-0.3, -0.25) is 4.79 Å². The second-order valence-corrected chi connectivity index (χ2v) is 6.07. The topological polar surface area (TPSA) is 65.6 Å². The van der Waals surface area contributed by atoms with Crippen molar-refractivity contribution in [3.05, 3.63) is 60.0 Å². The third kappa shape index (κ3) is 4.00. The number of hydrogen-bond donors (Lipinski definition) is 1. The highest BCUT2D eigenvalue weighted by molar-refractivity contribution is 5.97. The minimum absolute atomic E-state index is 0.119. The van der Waals surface area contributed by atoms with Crippen LogP contribution in [0.3, 0.4) is 0 Å². The number of aromatic nitrogens is 1. The Balaban J connectivity index is 1.68. The smallest absolute Gasteiger partial charge is 0.268 e. The second kappa shape index (κ2) is 8.49. The van der Waals surface area contributed by atoms with Crippen molar-refractivity contribution in [3.63, 3.8) is 0 Å². The molecule has 1 aromatic carbocycles. The van der Waals surface area contributed by atoms with Crippen molar-refractivity contribution in [1.29, 1.82) is 0 Å². The van der Waals surface area contributed by atoms with Gasteiger partial charge in [0, 0.05) is 25.2 Å². The van der Waals surface area contributed by atoms with Crippen LogP contribution >= 0.6 is 0 Å². The fraction of sp³-hybridized carbons (Fsp3) is 0.286. The molecular formula is C21H24N2O4. The summed E-state index contributed by atoms with van der Waals surface area (Å²) in [6.07, 6.45) is 6.30. The van der Waals surface area contributed by atoms with Crippen LogP contribution in [-0.2, 0) is 13.0 Å². The molecule has 1 amide bonds. The molecule has 0 aliphatic rings. The molecule has 0 spiro atoms. The van der Waals surface area contributed by atoms with Crippen LogP contribution < -0.4 is 14.8 Å². The van der Waals surface area contributed by atoms with Crippen LogP contribution in [-0.4, -0.2) is 31.2 Å². The molecule has 0 saturated heterocycles. The van der Waals surface area contributed by atoms with Crippen LogP contribution in [0.15, 0.2) is 53.2 Å². The number of rotatable bonds is 8. The van der Waals surface area contributed by atoms with E-state index in [9.17, 15) is 4.79 Å². The van der Waals surface area contributed by atoms with E-state index in [1.165, 1.54) is 0 Å². The van der Waals surface area contributed by atoms with E-state index >= 15 is 0 Å². The van der Waals surface area contributed by atoms with Gasteiger partial charge in [0.15, 0.2) is 17.1 Å². The molecule has 2 heterocycles. The summed E-state index contributed by atoms with van der Waals surface area (Å²) in [6, 6.07) is 9.42. The highest BCUT2D eigenvalue weighted by Crippen LogP contribution is 2.27. The molecule has 142 valence electrons. The lowest BCUT2D eigenvalue weighted by Crippen LogP contribution is -2.27. The lowest BCUT2D eigenvalue weighted by Gasteiger charge is -2.11. The molecule has 2 aromatic heterocycles. The summed E-state index contributed by atoms with van der Waals surface area (Å²) < 4.78 is 18.0. The molecule has 0 fully saturated rings. The summed E-state index contributed by atoms with van der Waals surface area (Å²) in [4.78, 5) is 12.7. The van der Waals surface area contributed by atoms with Crippen LogP contribution in [0.5, 0.6) is 11.5 Å². The summed E-state index contributed by atoms with van der Waals surface area (Å²) in [5, 5.41) is 2.98. The molecule has 0 aliphatic heterocycles. The molecule has 0 atom stereocenters. The molecular weight excluding hydrogens is 344 g/mol. The number of methoxy groups -OCH3 is 2. The number of furan rings is 1. The number of hydrogen-bond acceptors (Lipinski definition) is 4. The summed E-state index contributed by atoms with van der Waals surface area (Å²) in [6.45, 7) is 3.10. The fourth-order valence-corrected chi connectivity index (χ4v) is 3.02. The van der Waals surface area contributed by atoms with Gasteiger partial charge in [-0.25, -0.2) is 0 Å². The van der Waals surface area contributed by atoms with E-state index in [2.05, 4.69) is 5.32 Å². The first kappa shape index (κ1) is 18.6. The standard InChI is InChI=1S/C21H24N2O4/c1-4-5-11-23-16-9-12-27-19(16)14-17(23)21(24)22-10-8-15-6-7-18(25-2)20(13-15)26-3/h4-7,9,12-14H,8,10-11H2,1-3H3,(H,22,24)/b5-4-. The van der Waals surface area contributed by atoms with Crippen molar-refractivity contribution >= 4 is 17.0 Å². The Morgan fingerprint density at radius 3 is 2.74 bits per heavy atom. The van der Waals surface area contributed by atoms with E-state index in [0.29, 0.717) is 42.3 Å². The number of allylic oxidation sites excluding steroid dienone is 2. The van der Waals surface area contributed by atoms with E-state index < -0.39 is 0 Å². The van der Waals surface area contributed by atoms with Gasteiger partial charge >= 0.3 is 0 Å². The zero-order valence-corrected chi connectivity index (χ0v) is 15.8. The molecule has 0 radical (unpaired) electrons. The predicted octanol–water partition coefficient (Wildman–Crippen LogP) is 3.80. The molecule has 0 bridgehead atoms. The zero-order valence-electron chi connectivity index (χ0n) is 15.8. The summed E-state index contributed by atoms with van der Waals surface area (Å²) in [7, 11) is 3.22. The van der Waals surface area contributed by atoms with E-state index in [-0.39, 0.29) is 5.91 Å². The Bertz CT molecular complexity index is 952. The number of fused-ring (bicyclic) bond motifs is 1. The molecule has 3 aromatic rings. The monoisotopic (exact) mass is 368 g/mol. The van der Waals surface area contributed by atoms with E-state index in [1.807, 2.05) is 47.9 Å². The third-order valence-corrected chi connectivity index (χ3v) is 4.43.